The Hall–Kier alpha value is -1.96. The van der Waals surface area contributed by atoms with Gasteiger partial charge in [0.05, 0.1) is 19.8 Å². The Morgan fingerprint density at radius 2 is 1.92 bits per heavy atom. The number of hydrogen-bond donors (Lipinski definition) is 2. The number of piperazine rings is 1. The van der Waals surface area contributed by atoms with Crippen LogP contribution in [0.1, 0.15) is 12.0 Å². The van der Waals surface area contributed by atoms with Gasteiger partial charge in [0.1, 0.15) is 0 Å². The number of nitrogens with one attached hydrogen (secondary N) is 2. The van der Waals surface area contributed by atoms with Gasteiger partial charge in [-0.25, -0.2) is 0 Å². The molecule has 2 amide bonds. The first-order valence-corrected chi connectivity index (χ1v) is 9.32. The van der Waals surface area contributed by atoms with E-state index in [1.807, 2.05) is 35.2 Å². The van der Waals surface area contributed by atoms with Crippen LogP contribution < -0.4 is 10.6 Å². The zero-order valence-electron chi connectivity index (χ0n) is 15.2. The van der Waals surface area contributed by atoms with E-state index in [1.165, 1.54) is 0 Å². The molecular weight excluding hydrogens is 332 g/mol. The lowest BCUT2D eigenvalue weighted by Gasteiger charge is -2.35. The maximum Gasteiger partial charge on any atom is 0.234 e. The van der Waals surface area contributed by atoms with Crippen LogP contribution >= 0.6 is 0 Å². The highest BCUT2D eigenvalue weighted by molar-refractivity contribution is 5.78. The third-order valence-electron chi connectivity index (χ3n) is 4.84. The molecule has 1 atom stereocenters. The van der Waals surface area contributed by atoms with Crippen molar-refractivity contribution in [2.75, 3.05) is 52.5 Å². The summed E-state index contributed by atoms with van der Waals surface area (Å²) in [5.74, 6) is 0.193. The summed E-state index contributed by atoms with van der Waals surface area (Å²) in [5.41, 5.74) is 1.09. The summed E-state index contributed by atoms with van der Waals surface area (Å²) in [4.78, 5) is 28.5. The van der Waals surface area contributed by atoms with Crippen LogP contribution in [0.15, 0.2) is 30.3 Å². The van der Waals surface area contributed by atoms with Crippen molar-refractivity contribution in [3.05, 3.63) is 35.9 Å². The lowest BCUT2D eigenvalue weighted by atomic mass is 10.1. The van der Waals surface area contributed by atoms with E-state index >= 15 is 0 Å². The fourth-order valence-electron chi connectivity index (χ4n) is 3.30. The smallest absolute Gasteiger partial charge is 0.234 e. The molecule has 1 aromatic carbocycles. The normalized spacial score (nSPS) is 21.4. The molecule has 2 fully saturated rings. The predicted octanol–water partition coefficient (Wildman–Crippen LogP) is -0.174. The zero-order chi connectivity index (χ0) is 18.2. The van der Waals surface area contributed by atoms with E-state index in [9.17, 15) is 9.59 Å². The van der Waals surface area contributed by atoms with Crippen molar-refractivity contribution in [3.63, 3.8) is 0 Å². The van der Waals surface area contributed by atoms with Crippen molar-refractivity contribution in [1.82, 2.24) is 20.4 Å². The van der Waals surface area contributed by atoms with Gasteiger partial charge in [0.25, 0.3) is 0 Å². The van der Waals surface area contributed by atoms with Gasteiger partial charge in [0, 0.05) is 51.7 Å². The first kappa shape index (κ1) is 18.8. The van der Waals surface area contributed by atoms with Crippen molar-refractivity contribution in [1.29, 1.82) is 0 Å². The number of nitrogens with zero attached hydrogens (tertiary/aromatic N) is 2. The van der Waals surface area contributed by atoms with E-state index in [2.05, 4.69) is 15.5 Å². The average Bonchev–Trinajstić information content (AvgIpc) is 2.68. The molecule has 1 aromatic rings. The van der Waals surface area contributed by atoms with E-state index in [-0.39, 0.29) is 17.9 Å². The topological polar surface area (TPSA) is 73.9 Å². The minimum Gasteiger partial charge on any atom is -0.378 e. The standard InChI is InChI=1S/C19H28N4O3/c24-18(21-13-16-4-2-1-3-5-16)14-22-7-9-23(10-8-22)19(25)12-17-15-26-11-6-20-17/h1-5,17,20H,6-15H2,(H,21,24). The van der Waals surface area contributed by atoms with Gasteiger partial charge in [-0.3, -0.25) is 14.5 Å². The number of amides is 2. The zero-order valence-corrected chi connectivity index (χ0v) is 15.2. The van der Waals surface area contributed by atoms with Gasteiger partial charge in [-0.2, -0.15) is 0 Å². The Kier molecular flexibility index (Phi) is 6.99. The Balaban J connectivity index is 1.34. The Morgan fingerprint density at radius 1 is 1.15 bits per heavy atom. The molecule has 0 radical (unpaired) electrons. The monoisotopic (exact) mass is 360 g/mol. The molecule has 2 aliphatic rings. The Labute approximate surface area is 154 Å². The second-order valence-corrected chi connectivity index (χ2v) is 6.85. The molecule has 0 saturated carbocycles. The molecule has 1 unspecified atom stereocenters. The largest absolute Gasteiger partial charge is 0.378 e. The van der Waals surface area contributed by atoms with Gasteiger partial charge in [0.2, 0.25) is 11.8 Å². The van der Waals surface area contributed by atoms with Gasteiger partial charge in [-0.05, 0) is 5.56 Å². The molecule has 3 rings (SSSR count). The van der Waals surface area contributed by atoms with Crippen LogP contribution in [0, 0.1) is 0 Å². The van der Waals surface area contributed by atoms with Gasteiger partial charge < -0.3 is 20.3 Å². The fourth-order valence-corrected chi connectivity index (χ4v) is 3.30. The number of ether oxygens (including phenoxy) is 1. The maximum absolute atomic E-state index is 12.4. The van der Waals surface area contributed by atoms with Crippen LogP contribution in [-0.2, 0) is 20.9 Å². The molecule has 0 bridgehead atoms. The molecule has 2 aliphatic heterocycles. The molecule has 2 N–H and O–H groups in total. The minimum absolute atomic E-state index is 0.0252. The highest BCUT2D eigenvalue weighted by Gasteiger charge is 2.25. The van der Waals surface area contributed by atoms with Gasteiger partial charge in [-0.15, -0.1) is 0 Å². The van der Waals surface area contributed by atoms with E-state index < -0.39 is 0 Å². The summed E-state index contributed by atoms with van der Waals surface area (Å²) in [6, 6.07) is 10.0. The number of benzene rings is 1. The summed E-state index contributed by atoms with van der Waals surface area (Å²) in [5, 5.41) is 6.27. The summed E-state index contributed by atoms with van der Waals surface area (Å²) < 4.78 is 5.40. The number of carbonyl (C=O) groups excluding carboxylic acids is 2. The van der Waals surface area contributed by atoms with Crippen LogP contribution in [0.2, 0.25) is 0 Å². The second kappa shape index (κ2) is 9.66. The highest BCUT2D eigenvalue weighted by atomic mass is 16.5. The van der Waals surface area contributed by atoms with Gasteiger partial charge in [0.15, 0.2) is 0 Å². The number of hydrogen-bond acceptors (Lipinski definition) is 5. The van der Waals surface area contributed by atoms with Gasteiger partial charge in [-0.1, -0.05) is 30.3 Å². The number of morpholine rings is 1. The summed E-state index contributed by atoms with van der Waals surface area (Å²) in [6.45, 7) is 5.89. The van der Waals surface area contributed by atoms with E-state index in [1.54, 1.807) is 0 Å². The predicted molar refractivity (Wildman–Crippen MR) is 98.5 cm³/mol. The molecule has 7 heteroatoms. The third-order valence-corrected chi connectivity index (χ3v) is 4.84. The van der Waals surface area contributed by atoms with Crippen molar-refractivity contribution >= 4 is 11.8 Å². The minimum atomic E-state index is 0.0252. The first-order valence-electron chi connectivity index (χ1n) is 9.32. The van der Waals surface area contributed by atoms with E-state index in [4.69, 9.17) is 4.74 Å². The second-order valence-electron chi connectivity index (χ2n) is 6.85. The third kappa shape index (κ3) is 5.79. The number of carbonyl (C=O) groups is 2. The maximum atomic E-state index is 12.4. The molecule has 0 aromatic heterocycles. The number of rotatable bonds is 6. The highest BCUT2D eigenvalue weighted by Crippen LogP contribution is 2.07. The Bertz CT molecular complexity index is 582. The molecule has 142 valence electrons. The van der Waals surface area contributed by atoms with Gasteiger partial charge >= 0.3 is 0 Å². The van der Waals surface area contributed by atoms with Crippen LogP contribution in [0.25, 0.3) is 0 Å². The molecule has 2 saturated heterocycles. The van der Waals surface area contributed by atoms with Crippen LogP contribution in [0.5, 0.6) is 0 Å². The Morgan fingerprint density at radius 3 is 2.62 bits per heavy atom. The van der Waals surface area contributed by atoms with Crippen molar-refractivity contribution in [2.24, 2.45) is 0 Å². The van der Waals surface area contributed by atoms with Crippen LogP contribution in [-0.4, -0.2) is 80.1 Å². The quantitative estimate of drug-likeness (QED) is 0.737. The SMILES string of the molecule is O=C(CN1CCN(C(=O)CC2COCCN2)CC1)NCc1ccccc1. The van der Waals surface area contributed by atoms with Crippen molar-refractivity contribution in [2.45, 2.75) is 19.0 Å². The molecule has 0 spiro atoms. The molecule has 2 heterocycles. The summed E-state index contributed by atoms with van der Waals surface area (Å²) in [6.07, 6.45) is 0.484. The summed E-state index contributed by atoms with van der Waals surface area (Å²) in [7, 11) is 0. The van der Waals surface area contributed by atoms with Crippen molar-refractivity contribution < 1.29 is 14.3 Å². The van der Waals surface area contributed by atoms with E-state index in [0.717, 1.165) is 31.8 Å². The average molecular weight is 360 g/mol. The lowest BCUT2D eigenvalue weighted by molar-refractivity contribution is -0.134. The molecule has 7 nitrogen and oxygen atoms in total. The molecule has 0 aliphatic carbocycles. The van der Waals surface area contributed by atoms with E-state index in [0.29, 0.717) is 39.2 Å². The van der Waals surface area contributed by atoms with Crippen LogP contribution in [0.3, 0.4) is 0 Å². The lowest BCUT2D eigenvalue weighted by Crippen LogP contribution is -2.52. The first-order chi connectivity index (χ1) is 12.7. The summed E-state index contributed by atoms with van der Waals surface area (Å²) >= 11 is 0. The fraction of sp³-hybridized carbons (Fsp3) is 0.579. The van der Waals surface area contributed by atoms with Crippen molar-refractivity contribution in [3.8, 4) is 0 Å². The molecular formula is C19H28N4O3. The van der Waals surface area contributed by atoms with Crippen LogP contribution in [0.4, 0.5) is 0 Å². The molecule has 26 heavy (non-hydrogen) atoms.